The Kier molecular flexibility index (Phi) is 18.4. The molecule has 5 heterocycles. The summed E-state index contributed by atoms with van der Waals surface area (Å²) in [6, 6.07) is 4.43. The van der Waals surface area contributed by atoms with Gasteiger partial charge in [0.1, 0.15) is 23.8 Å². The lowest BCUT2D eigenvalue weighted by molar-refractivity contribution is -0.132. The highest BCUT2D eigenvalue weighted by atomic mass is 35.5. The molecule has 1 fully saturated rings. The van der Waals surface area contributed by atoms with E-state index < -0.39 is 53.8 Å². The third-order valence-corrected chi connectivity index (χ3v) is 14.7. The maximum Gasteiger partial charge on any atom is 0.405 e. The Morgan fingerprint density at radius 1 is 1.05 bits per heavy atom. The summed E-state index contributed by atoms with van der Waals surface area (Å²) in [5.41, 5.74) is 14.0. The maximum atomic E-state index is 14.2. The van der Waals surface area contributed by atoms with Gasteiger partial charge < -0.3 is 45.9 Å². The number of anilines is 1. The van der Waals surface area contributed by atoms with E-state index in [1.807, 2.05) is 42.6 Å². The number of hydrogen-bond donors (Lipinski definition) is 4. The standard InChI is InChI=1S/C54H65Cl2FN8O9/c1-29-21-37-48(41(66)25-40(49(37)68)63-53(69)31(3)12-10-11-30(2)50(74-54(59)70)43-23-32(4)51(73-43)42(22-29)71-6)60-18-9-7-8-13-45(67)64-19-16-36(17-20-64)65-28-35(27-62-65)34-24-44(52(58)61-26-34)72-33(5)46-38(55)14-15-39(57)47(46)56/h10-12,14-15,23-30,32-33,36,42,50-51,60H,7-9,13,16-22H2,1-6H3,(H2,58,61)(H2,59,70)(H,63,69)/b11-10-,31-12+/t29-,30+,32+,33?,42+,50-,51+/m1/s1. The number of methoxy groups -OCH3 is 1. The van der Waals surface area contributed by atoms with Gasteiger partial charge in [-0.05, 0) is 82.6 Å². The molecular weight excluding hydrogens is 995 g/mol. The van der Waals surface area contributed by atoms with E-state index in [0.717, 1.165) is 24.5 Å². The van der Waals surface area contributed by atoms with Gasteiger partial charge in [0.25, 0.3) is 5.91 Å². The lowest BCUT2D eigenvalue weighted by Gasteiger charge is -2.32. The van der Waals surface area contributed by atoms with Gasteiger partial charge in [-0.25, -0.2) is 14.2 Å². The molecule has 396 valence electrons. The van der Waals surface area contributed by atoms with E-state index in [1.54, 1.807) is 57.6 Å². The Morgan fingerprint density at radius 2 is 1.81 bits per heavy atom. The number of primary amides is 1. The summed E-state index contributed by atoms with van der Waals surface area (Å²) >= 11 is 12.5. The number of nitrogens with zero attached hydrogens (tertiary/aromatic N) is 4. The molecule has 20 heteroatoms. The molecule has 6 N–H and O–H groups in total. The molecule has 0 radical (unpaired) electrons. The highest BCUT2D eigenvalue weighted by molar-refractivity contribution is 6.36. The Morgan fingerprint density at radius 3 is 2.54 bits per heavy atom. The number of amides is 3. The molecule has 1 aromatic carbocycles. The smallest absolute Gasteiger partial charge is 0.405 e. The van der Waals surface area contributed by atoms with Gasteiger partial charge in [0.05, 0.1) is 34.8 Å². The number of allylic oxidation sites excluding steroid dienone is 4. The lowest BCUT2D eigenvalue weighted by Crippen LogP contribution is -2.39. The van der Waals surface area contributed by atoms with Crippen molar-refractivity contribution in [3.63, 3.8) is 0 Å². The Hall–Kier alpha value is -6.50. The second-order valence-corrected chi connectivity index (χ2v) is 20.3. The summed E-state index contributed by atoms with van der Waals surface area (Å²) in [4.78, 5) is 72.7. The van der Waals surface area contributed by atoms with Crippen molar-refractivity contribution in [1.29, 1.82) is 0 Å². The molecule has 0 saturated carbocycles. The van der Waals surface area contributed by atoms with Crippen LogP contribution in [-0.4, -0.2) is 94.2 Å². The van der Waals surface area contributed by atoms with Crippen LogP contribution >= 0.6 is 23.2 Å². The first-order valence-corrected chi connectivity index (χ1v) is 25.8. The highest BCUT2D eigenvalue weighted by Crippen LogP contribution is 2.39. The molecule has 3 aromatic rings. The number of nitrogen functional groups attached to an aromatic ring is 1. The summed E-state index contributed by atoms with van der Waals surface area (Å²) in [6.07, 6.45) is 14.4. The number of piperidine rings is 1. The third kappa shape index (κ3) is 13.2. The number of aromatic nitrogens is 3. The van der Waals surface area contributed by atoms with Crippen LogP contribution in [0.3, 0.4) is 0 Å². The normalized spacial score (nSPS) is 24.6. The fourth-order valence-corrected chi connectivity index (χ4v) is 10.5. The topological polar surface area (TPSA) is 232 Å². The molecule has 7 atom stereocenters. The zero-order valence-corrected chi connectivity index (χ0v) is 44.0. The van der Waals surface area contributed by atoms with E-state index in [9.17, 15) is 28.4 Å². The molecule has 4 aliphatic rings. The molecule has 1 unspecified atom stereocenters. The second kappa shape index (κ2) is 24.7. The van der Waals surface area contributed by atoms with E-state index in [1.165, 1.54) is 12.1 Å². The summed E-state index contributed by atoms with van der Waals surface area (Å²) in [6.45, 7) is 10.6. The maximum absolute atomic E-state index is 14.2. The van der Waals surface area contributed by atoms with Crippen molar-refractivity contribution in [1.82, 2.24) is 30.3 Å². The fraction of sp³-hybridized carbons (Fsp3) is 0.463. The third-order valence-electron chi connectivity index (χ3n) is 14.0. The van der Waals surface area contributed by atoms with Crippen LogP contribution in [0.25, 0.3) is 11.1 Å². The van der Waals surface area contributed by atoms with Gasteiger partial charge >= 0.3 is 6.09 Å². The number of rotatable bonds is 14. The number of likely N-dealkylation sites (tertiary alicyclic amines) is 1. The number of hydrogen-bond acceptors (Lipinski definition) is 13. The minimum Gasteiger partial charge on any atom is -0.488 e. The SMILES string of the molecule is CO[C@H]1C[C@H](C)CC2=C(NCCCCCC(=O)N3CCC(n4cc(-c5cnc(N)c(OC(C)c6c(Cl)ccc(F)c6Cl)c5)cn4)CC3)C(=O)C=C(NC(=O)/C(C)=C/C=C\[C@H](C)[C@@H](OC(N)=O)C3=C[C@H](C)[C@@H]1O3)C2=O. The lowest BCUT2D eigenvalue weighted by atomic mass is 9.85. The number of fused-ring (bicyclic) bond motifs is 4. The number of benzene rings is 1. The summed E-state index contributed by atoms with van der Waals surface area (Å²) < 4.78 is 40.1. The van der Waals surface area contributed by atoms with Gasteiger partial charge in [-0.1, -0.05) is 68.6 Å². The molecule has 17 nitrogen and oxygen atoms in total. The summed E-state index contributed by atoms with van der Waals surface area (Å²) in [5.74, 6) is -1.78. The molecule has 3 amide bonds. The molecule has 3 aliphatic heterocycles. The van der Waals surface area contributed by atoms with Crippen LogP contribution in [0.1, 0.15) is 104 Å². The number of carbonyl (C=O) groups is 5. The minimum atomic E-state index is -0.950. The van der Waals surface area contributed by atoms with E-state index in [0.29, 0.717) is 68.6 Å². The Balaban J connectivity index is 0.916. The zero-order valence-electron chi connectivity index (χ0n) is 42.5. The molecule has 74 heavy (non-hydrogen) atoms. The van der Waals surface area contributed by atoms with Crippen molar-refractivity contribution < 1.29 is 47.3 Å². The van der Waals surface area contributed by atoms with Crippen molar-refractivity contribution in [3.05, 3.63) is 117 Å². The molecule has 0 spiro atoms. The molecule has 4 bridgehead atoms. The number of Topliss-reactive ketones (excluding diaryl/α,β-unsaturated/α-hetero) is 1. The van der Waals surface area contributed by atoms with Crippen molar-refractivity contribution in [2.24, 2.45) is 23.5 Å². The summed E-state index contributed by atoms with van der Waals surface area (Å²) in [7, 11) is 1.59. The first-order chi connectivity index (χ1) is 35.3. The van der Waals surface area contributed by atoms with Crippen molar-refractivity contribution in [3.8, 4) is 16.9 Å². The van der Waals surface area contributed by atoms with Crippen LogP contribution in [0.5, 0.6) is 5.75 Å². The minimum absolute atomic E-state index is 0.0743. The predicted molar refractivity (Wildman–Crippen MR) is 278 cm³/mol. The number of carbonyl (C=O) groups excluding carboxylic acids is 5. The first-order valence-electron chi connectivity index (χ1n) is 25.0. The van der Waals surface area contributed by atoms with E-state index in [-0.39, 0.29) is 80.3 Å². The number of ether oxygens (including phenoxy) is 4. The molecular formula is C54H65Cl2FN8O9. The van der Waals surface area contributed by atoms with Crippen molar-refractivity contribution in [2.45, 2.75) is 116 Å². The van der Waals surface area contributed by atoms with Crippen LogP contribution in [0.2, 0.25) is 10.0 Å². The number of halogens is 3. The largest absolute Gasteiger partial charge is 0.488 e. The quantitative estimate of drug-likeness (QED) is 0.0673. The molecule has 2 aromatic heterocycles. The molecule has 1 aliphatic carbocycles. The van der Waals surface area contributed by atoms with E-state index in [4.69, 9.17) is 53.6 Å². The first kappa shape index (κ1) is 55.3. The van der Waals surface area contributed by atoms with Crippen LogP contribution in [-0.2, 0) is 33.4 Å². The number of unbranched alkanes of at least 4 members (excludes halogenated alkanes) is 2. The monoisotopic (exact) mass is 1060 g/mol. The van der Waals surface area contributed by atoms with E-state index >= 15 is 0 Å². The van der Waals surface area contributed by atoms with E-state index in [2.05, 4.69) is 20.7 Å². The average molecular weight is 1060 g/mol. The van der Waals surface area contributed by atoms with Crippen LogP contribution in [0.15, 0.2) is 95.5 Å². The number of nitrogens with two attached hydrogens (primary N) is 2. The molecule has 1 saturated heterocycles. The van der Waals surface area contributed by atoms with Gasteiger partial charge in [-0.3, -0.25) is 23.9 Å². The Bertz CT molecular complexity index is 2780. The van der Waals surface area contributed by atoms with Gasteiger partial charge in [0.2, 0.25) is 17.5 Å². The second-order valence-electron chi connectivity index (χ2n) is 19.5. The number of nitrogens with one attached hydrogen (secondary N) is 2. The van der Waals surface area contributed by atoms with Gasteiger partial charge in [0.15, 0.2) is 17.7 Å². The Labute approximate surface area is 440 Å². The summed E-state index contributed by atoms with van der Waals surface area (Å²) in [5, 5.41) is 10.7. The van der Waals surface area contributed by atoms with Crippen LogP contribution < -0.4 is 26.8 Å². The fourth-order valence-electron chi connectivity index (χ4n) is 9.81. The number of pyridine rings is 1. The van der Waals surface area contributed by atoms with Crippen LogP contribution in [0.4, 0.5) is 15.0 Å². The van der Waals surface area contributed by atoms with Crippen molar-refractivity contribution >= 4 is 58.5 Å². The predicted octanol–water partition coefficient (Wildman–Crippen LogP) is 8.80. The highest BCUT2D eigenvalue weighted by Gasteiger charge is 2.40. The van der Waals surface area contributed by atoms with Crippen LogP contribution in [0, 0.1) is 23.6 Å². The average Bonchev–Trinajstić information content (AvgIpc) is 4.02. The molecule has 7 rings (SSSR count). The van der Waals surface area contributed by atoms with Crippen molar-refractivity contribution in [2.75, 3.05) is 32.5 Å². The number of ketones is 2. The van der Waals surface area contributed by atoms with Gasteiger partial charge in [-0.2, -0.15) is 5.10 Å². The van der Waals surface area contributed by atoms with Gasteiger partial charge in [0, 0.05) is 96.3 Å². The van der Waals surface area contributed by atoms with Gasteiger partial charge in [-0.15, -0.1) is 0 Å². The zero-order chi connectivity index (χ0) is 53.4.